The zero-order chi connectivity index (χ0) is 14.7. The molecule has 5 nitrogen and oxygen atoms in total. The van der Waals surface area contributed by atoms with Crippen LogP contribution in [0.2, 0.25) is 0 Å². The van der Waals surface area contributed by atoms with Gasteiger partial charge in [-0.3, -0.25) is 9.48 Å². The first kappa shape index (κ1) is 14.3. The van der Waals surface area contributed by atoms with Crippen molar-refractivity contribution in [1.82, 2.24) is 9.78 Å². The Bertz CT molecular complexity index is 618. The van der Waals surface area contributed by atoms with Gasteiger partial charge in [-0.25, -0.2) is 0 Å². The van der Waals surface area contributed by atoms with E-state index in [4.69, 9.17) is 4.74 Å². The number of carbonyl (C=O) groups excluding carboxylic acids is 1. The van der Waals surface area contributed by atoms with Crippen molar-refractivity contribution in [3.05, 3.63) is 46.7 Å². The maximum Gasteiger partial charge on any atom is 0.253 e. The van der Waals surface area contributed by atoms with Gasteiger partial charge in [-0.1, -0.05) is 28.1 Å². The highest BCUT2D eigenvalue weighted by Crippen LogP contribution is 2.16. The number of carbonyl (C=O) groups is 1. The Balaban J connectivity index is 1.60. The maximum absolute atomic E-state index is 11.9. The van der Waals surface area contributed by atoms with Crippen LogP contribution in [0.4, 0.5) is 5.69 Å². The molecule has 1 unspecified atom stereocenters. The molecule has 1 saturated heterocycles. The van der Waals surface area contributed by atoms with Crippen LogP contribution >= 0.6 is 15.9 Å². The van der Waals surface area contributed by atoms with Crippen molar-refractivity contribution in [1.29, 1.82) is 0 Å². The van der Waals surface area contributed by atoms with Gasteiger partial charge in [-0.15, -0.1) is 0 Å². The maximum atomic E-state index is 11.9. The van der Waals surface area contributed by atoms with Crippen LogP contribution in [0, 0.1) is 0 Å². The monoisotopic (exact) mass is 349 g/mol. The molecule has 1 aromatic carbocycles. The normalized spacial score (nSPS) is 17.9. The zero-order valence-corrected chi connectivity index (χ0v) is 13.0. The molecule has 0 aliphatic carbocycles. The lowest BCUT2D eigenvalue weighted by molar-refractivity contribution is -0.124. The van der Waals surface area contributed by atoms with Crippen molar-refractivity contribution in [2.45, 2.75) is 25.5 Å². The van der Waals surface area contributed by atoms with Crippen molar-refractivity contribution >= 4 is 27.5 Å². The summed E-state index contributed by atoms with van der Waals surface area (Å²) in [5, 5.41) is 7.11. The molecule has 0 spiro atoms. The fourth-order valence-electron chi connectivity index (χ4n) is 2.30. The predicted octanol–water partition coefficient (Wildman–Crippen LogP) is 2.81. The Morgan fingerprint density at radius 1 is 1.43 bits per heavy atom. The van der Waals surface area contributed by atoms with Crippen LogP contribution in [0.15, 0.2) is 41.1 Å². The minimum atomic E-state index is -0.320. The van der Waals surface area contributed by atoms with Crippen molar-refractivity contribution in [2.75, 3.05) is 11.9 Å². The summed E-state index contributed by atoms with van der Waals surface area (Å²) in [6, 6.07) is 8.07. The molecule has 1 atom stereocenters. The molecule has 1 fully saturated rings. The van der Waals surface area contributed by atoms with Gasteiger partial charge in [0.2, 0.25) is 0 Å². The van der Waals surface area contributed by atoms with E-state index in [0.29, 0.717) is 18.8 Å². The molecule has 3 rings (SSSR count). The second-order valence-electron chi connectivity index (χ2n) is 5.04. The minimum Gasteiger partial charge on any atom is -0.368 e. The Morgan fingerprint density at radius 3 is 2.95 bits per heavy atom. The van der Waals surface area contributed by atoms with Crippen LogP contribution in [0.5, 0.6) is 0 Å². The average molecular weight is 350 g/mol. The number of benzene rings is 1. The van der Waals surface area contributed by atoms with E-state index in [1.807, 2.05) is 30.5 Å². The van der Waals surface area contributed by atoms with Crippen molar-refractivity contribution in [2.24, 2.45) is 0 Å². The lowest BCUT2D eigenvalue weighted by Crippen LogP contribution is -2.26. The molecule has 1 aliphatic heterocycles. The molecule has 2 heterocycles. The Kier molecular flexibility index (Phi) is 4.36. The van der Waals surface area contributed by atoms with Gasteiger partial charge in [0, 0.05) is 17.3 Å². The summed E-state index contributed by atoms with van der Waals surface area (Å²) in [6.45, 7) is 1.34. The number of nitrogens with zero attached hydrogens (tertiary/aromatic N) is 2. The first-order valence-corrected chi connectivity index (χ1v) is 7.69. The molecular weight excluding hydrogens is 334 g/mol. The van der Waals surface area contributed by atoms with Crippen LogP contribution < -0.4 is 5.32 Å². The standard InChI is InChI=1S/C15H16BrN3O2/c16-12-5-3-11(4-6-12)9-19-10-13(8-17-19)18-15(20)14-2-1-7-21-14/h3-6,8,10,14H,1-2,7,9H2,(H,18,20). The van der Waals surface area contributed by atoms with Crippen LogP contribution in [0.1, 0.15) is 18.4 Å². The van der Waals surface area contributed by atoms with Gasteiger partial charge >= 0.3 is 0 Å². The molecule has 1 N–H and O–H groups in total. The average Bonchev–Trinajstić information content (AvgIpc) is 3.13. The molecule has 0 bridgehead atoms. The van der Waals surface area contributed by atoms with E-state index in [-0.39, 0.29) is 12.0 Å². The SMILES string of the molecule is O=C(Nc1cnn(Cc2ccc(Br)cc2)c1)C1CCCO1. The summed E-state index contributed by atoms with van der Waals surface area (Å²) >= 11 is 3.41. The third kappa shape index (κ3) is 3.71. The number of nitrogens with one attached hydrogen (secondary N) is 1. The molecule has 1 aliphatic rings. The van der Waals surface area contributed by atoms with E-state index in [0.717, 1.165) is 22.9 Å². The van der Waals surface area contributed by atoms with Gasteiger partial charge in [-0.05, 0) is 30.5 Å². The molecular formula is C15H16BrN3O2. The summed E-state index contributed by atoms with van der Waals surface area (Å²) < 4.78 is 8.21. The number of rotatable bonds is 4. The Morgan fingerprint density at radius 2 is 2.24 bits per heavy atom. The molecule has 0 radical (unpaired) electrons. The molecule has 0 saturated carbocycles. The number of anilines is 1. The van der Waals surface area contributed by atoms with Crippen molar-refractivity contribution in [3.63, 3.8) is 0 Å². The van der Waals surface area contributed by atoms with Gasteiger partial charge in [0.15, 0.2) is 0 Å². The smallest absolute Gasteiger partial charge is 0.253 e. The first-order chi connectivity index (χ1) is 10.2. The largest absolute Gasteiger partial charge is 0.368 e. The summed E-state index contributed by atoms with van der Waals surface area (Å²) in [4.78, 5) is 11.9. The summed E-state index contributed by atoms with van der Waals surface area (Å²) in [5.41, 5.74) is 1.85. The van der Waals surface area contributed by atoms with Crippen LogP contribution in [-0.4, -0.2) is 28.4 Å². The third-order valence-corrected chi connectivity index (χ3v) is 3.91. The van der Waals surface area contributed by atoms with E-state index < -0.39 is 0 Å². The zero-order valence-electron chi connectivity index (χ0n) is 11.5. The Hall–Kier alpha value is -1.66. The molecule has 1 aromatic heterocycles. The first-order valence-electron chi connectivity index (χ1n) is 6.90. The van der Waals surface area contributed by atoms with E-state index >= 15 is 0 Å². The highest BCUT2D eigenvalue weighted by molar-refractivity contribution is 9.10. The predicted molar refractivity (Wildman–Crippen MR) is 83.1 cm³/mol. The number of halogens is 1. The number of aromatic nitrogens is 2. The number of hydrogen-bond acceptors (Lipinski definition) is 3. The summed E-state index contributed by atoms with van der Waals surface area (Å²) in [7, 11) is 0. The number of ether oxygens (including phenoxy) is 1. The van der Waals surface area contributed by atoms with E-state index in [1.165, 1.54) is 0 Å². The molecule has 21 heavy (non-hydrogen) atoms. The lowest BCUT2D eigenvalue weighted by atomic mass is 10.2. The lowest BCUT2D eigenvalue weighted by Gasteiger charge is -2.08. The number of amides is 1. The van der Waals surface area contributed by atoms with Gasteiger partial charge < -0.3 is 10.1 Å². The number of hydrogen-bond donors (Lipinski definition) is 1. The highest BCUT2D eigenvalue weighted by atomic mass is 79.9. The molecule has 1 amide bonds. The van der Waals surface area contributed by atoms with Crippen molar-refractivity contribution in [3.8, 4) is 0 Å². The van der Waals surface area contributed by atoms with E-state index in [1.54, 1.807) is 10.9 Å². The second kappa shape index (κ2) is 6.41. The quantitative estimate of drug-likeness (QED) is 0.923. The van der Waals surface area contributed by atoms with Gasteiger partial charge in [0.25, 0.3) is 5.91 Å². The fourth-order valence-corrected chi connectivity index (χ4v) is 2.56. The molecule has 110 valence electrons. The van der Waals surface area contributed by atoms with E-state index in [2.05, 4.69) is 26.3 Å². The molecule has 6 heteroatoms. The summed E-state index contributed by atoms with van der Waals surface area (Å²) in [6.07, 6.45) is 4.90. The highest BCUT2D eigenvalue weighted by Gasteiger charge is 2.23. The topological polar surface area (TPSA) is 56.2 Å². The van der Waals surface area contributed by atoms with Gasteiger partial charge in [-0.2, -0.15) is 5.10 Å². The van der Waals surface area contributed by atoms with Crippen LogP contribution in [0.3, 0.4) is 0 Å². The van der Waals surface area contributed by atoms with Crippen LogP contribution in [-0.2, 0) is 16.1 Å². The second-order valence-corrected chi connectivity index (χ2v) is 5.96. The van der Waals surface area contributed by atoms with E-state index in [9.17, 15) is 4.79 Å². The van der Waals surface area contributed by atoms with Crippen molar-refractivity contribution < 1.29 is 9.53 Å². The van der Waals surface area contributed by atoms with Crippen LogP contribution in [0.25, 0.3) is 0 Å². The Labute approximate surface area is 131 Å². The molecule has 2 aromatic rings. The fraction of sp³-hybridized carbons (Fsp3) is 0.333. The summed E-state index contributed by atoms with van der Waals surface area (Å²) in [5.74, 6) is -0.0873. The third-order valence-electron chi connectivity index (χ3n) is 3.38. The van der Waals surface area contributed by atoms with Gasteiger partial charge in [0.05, 0.1) is 18.4 Å². The minimum absolute atomic E-state index is 0.0873. The van der Waals surface area contributed by atoms with Gasteiger partial charge in [0.1, 0.15) is 6.10 Å².